The molecule has 4 aliphatic heterocycles. The van der Waals surface area contributed by atoms with Crippen molar-refractivity contribution < 1.29 is 20.4 Å². The zero-order chi connectivity index (χ0) is 40.2. The van der Waals surface area contributed by atoms with Crippen LogP contribution in [-0.2, 0) is 13.1 Å². The predicted octanol–water partition coefficient (Wildman–Crippen LogP) is 6.18. The number of aliphatic hydroxyl groups is 4. The number of hydrogen-bond donors (Lipinski definition) is 4. The van der Waals surface area contributed by atoms with E-state index in [1.165, 1.54) is 88.9 Å². The molecule has 12 atom stereocenters. The summed E-state index contributed by atoms with van der Waals surface area (Å²) in [6.07, 6.45) is 10.4. The minimum absolute atomic E-state index is 0.00921. The molecule has 8 nitrogen and oxygen atoms in total. The molecule has 2 aromatic carbocycles. The van der Waals surface area contributed by atoms with Crippen LogP contribution >= 0.6 is 0 Å². The average Bonchev–Trinajstić information content (AvgIpc) is 4.10. The molecule has 2 aromatic rings. The van der Waals surface area contributed by atoms with E-state index in [4.69, 9.17) is 10.2 Å². The van der Waals surface area contributed by atoms with E-state index in [0.717, 1.165) is 101 Å². The average molecular weight is 777 g/mol. The van der Waals surface area contributed by atoms with Crippen molar-refractivity contribution in [3.05, 3.63) is 71.8 Å². The van der Waals surface area contributed by atoms with E-state index >= 15 is 0 Å². The van der Waals surface area contributed by atoms with Gasteiger partial charge in [-0.25, -0.2) is 0 Å². The van der Waals surface area contributed by atoms with Gasteiger partial charge in [0.15, 0.2) is 0 Å². The third kappa shape index (κ3) is 12.1. The van der Waals surface area contributed by atoms with Gasteiger partial charge < -0.3 is 30.2 Å². The summed E-state index contributed by atoms with van der Waals surface area (Å²) in [4.78, 5) is 9.97. The highest BCUT2D eigenvalue weighted by molar-refractivity contribution is 5.16. The van der Waals surface area contributed by atoms with Gasteiger partial charge in [0.1, 0.15) is 0 Å². The number of likely N-dealkylation sites (tertiary alicyclic amines) is 4. The first-order valence-corrected chi connectivity index (χ1v) is 22.3. The van der Waals surface area contributed by atoms with Crippen LogP contribution in [-0.4, -0.2) is 133 Å². The first-order chi connectivity index (χ1) is 27.2. The van der Waals surface area contributed by atoms with Gasteiger partial charge in [0.2, 0.25) is 0 Å². The van der Waals surface area contributed by atoms with E-state index in [2.05, 4.69) is 108 Å². The second kappa shape index (κ2) is 22.5. The molecule has 0 aromatic heterocycles. The van der Waals surface area contributed by atoms with Gasteiger partial charge in [-0.3, -0.25) is 9.80 Å². The Kier molecular flexibility index (Phi) is 18.1. The van der Waals surface area contributed by atoms with Crippen molar-refractivity contribution in [2.75, 3.05) is 80.7 Å². The van der Waals surface area contributed by atoms with Gasteiger partial charge in [-0.1, -0.05) is 87.4 Å². The fourth-order valence-electron chi connectivity index (χ4n) is 12.1. The summed E-state index contributed by atoms with van der Waals surface area (Å²) in [6, 6.07) is 21.5. The third-order valence-electron chi connectivity index (χ3n) is 15.1. The lowest BCUT2D eigenvalue weighted by molar-refractivity contribution is 0.123. The maximum absolute atomic E-state index is 9.86. The highest BCUT2D eigenvalue weighted by atomic mass is 16.3. The van der Waals surface area contributed by atoms with Gasteiger partial charge in [-0.2, -0.15) is 0 Å². The molecule has 4 heterocycles. The molecule has 4 saturated carbocycles. The summed E-state index contributed by atoms with van der Waals surface area (Å²) in [5.74, 6) is 8.76. The van der Waals surface area contributed by atoms with Gasteiger partial charge in [-0.05, 0) is 111 Å². The van der Waals surface area contributed by atoms with Crippen LogP contribution < -0.4 is 0 Å². The Bertz CT molecular complexity index is 1270. The summed E-state index contributed by atoms with van der Waals surface area (Å²) < 4.78 is 0. The third-order valence-corrected chi connectivity index (χ3v) is 15.1. The summed E-state index contributed by atoms with van der Waals surface area (Å²) in [5.41, 5.74) is 2.85. The fourth-order valence-corrected chi connectivity index (χ4v) is 12.1. The lowest BCUT2D eigenvalue weighted by Crippen LogP contribution is -2.24. The van der Waals surface area contributed by atoms with E-state index < -0.39 is 0 Å². The molecule has 8 aliphatic rings. The maximum Gasteiger partial charge on any atom is 0.0583 e. The van der Waals surface area contributed by atoms with Crippen molar-refractivity contribution in [2.45, 2.75) is 90.5 Å². The highest BCUT2D eigenvalue weighted by Gasteiger charge is 2.43. The maximum atomic E-state index is 9.86. The lowest BCUT2D eigenvalue weighted by atomic mass is 9.94. The van der Waals surface area contributed by atoms with Crippen molar-refractivity contribution >= 4 is 0 Å². The summed E-state index contributed by atoms with van der Waals surface area (Å²) in [7, 11) is 6.40. The lowest BCUT2D eigenvalue weighted by Gasteiger charge is -2.18. The molecule has 12 unspecified atom stereocenters. The zero-order valence-corrected chi connectivity index (χ0v) is 36.0. The van der Waals surface area contributed by atoms with Crippen LogP contribution in [0.3, 0.4) is 0 Å². The number of benzene rings is 2. The monoisotopic (exact) mass is 777 g/mol. The Morgan fingerprint density at radius 3 is 1.18 bits per heavy atom. The number of hydrogen-bond acceptors (Lipinski definition) is 8. The molecule has 4 N–H and O–H groups in total. The Balaban J connectivity index is 0.000000142. The van der Waals surface area contributed by atoms with Crippen LogP contribution in [0.5, 0.6) is 0 Å². The van der Waals surface area contributed by atoms with Crippen LogP contribution in [0.2, 0.25) is 0 Å². The number of rotatable bonds is 4. The standard InChI is InChI=1S/C15H21N.C14H19NO.C9H17N.C8H15NO.2CH4O/c1-12-7-8-14-10-16(11-15(12)14)9-13-5-3-2-4-6-13;16-14-7-6-12-9-15(10-13(12)14)8-11-4-2-1-3-5-11;1-7-3-4-8-5-10(2)6-9(7)8;1-9-4-6-2-3-8(10)7(6)5-9;2*1-2/h2-6,12,14-15H,7-11H2,1H3;1-5,12-14,16H,6-10H2;7-9H,3-6H2,1-2H3;6-8,10H,2-5H2,1H3;2*2H,1H3. The molecular formula is C48H80N4O4. The normalized spacial score (nSPS) is 36.9. The van der Waals surface area contributed by atoms with Crippen LogP contribution in [0.15, 0.2) is 60.7 Å². The fraction of sp³-hybridized carbons (Fsp3) is 0.750. The molecule has 0 radical (unpaired) electrons. The minimum atomic E-state index is -0.0363. The van der Waals surface area contributed by atoms with Crippen molar-refractivity contribution in [1.29, 1.82) is 0 Å². The highest BCUT2D eigenvalue weighted by Crippen LogP contribution is 2.43. The minimum Gasteiger partial charge on any atom is -0.400 e. The Morgan fingerprint density at radius 2 is 0.768 bits per heavy atom. The van der Waals surface area contributed by atoms with Crippen molar-refractivity contribution in [3.8, 4) is 0 Å². The number of aliphatic hydroxyl groups excluding tert-OH is 4. The molecule has 316 valence electrons. The first kappa shape index (κ1) is 45.2. The van der Waals surface area contributed by atoms with Gasteiger partial charge in [0.05, 0.1) is 12.2 Å². The summed E-state index contributed by atoms with van der Waals surface area (Å²) >= 11 is 0. The molecule has 0 spiro atoms. The topological polar surface area (TPSA) is 93.9 Å². The Morgan fingerprint density at radius 1 is 0.429 bits per heavy atom. The number of fused-ring (bicyclic) bond motifs is 4. The quantitative estimate of drug-likeness (QED) is 0.293. The van der Waals surface area contributed by atoms with Crippen molar-refractivity contribution in [3.63, 3.8) is 0 Å². The van der Waals surface area contributed by atoms with Gasteiger partial charge in [0, 0.05) is 91.5 Å². The molecule has 56 heavy (non-hydrogen) atoms. The Labute approximate surface area is 341 Å². The predicted molar refractivity (Wildman–Crippen MR) is 230 cm³/mol. The Hall–Kier alpha value is -1.88. The zero-order valence-electron chi connectivity index (χ0n) is 36.0. The molecule has 8 heteroatoms. The van der Waals surface area contributed by atoms with E-state index in [1.54, 1.807) is 0 Å². The molecule has 4 saturated heterocycles. The van der Waals surface area contributed by atoms with Gasteiger partial charge in [-0.15, -0.1) is 0 Å². The van der Waals surface area contributed by atoms with Crippen LogP contribution in [0.1, 0.15) is 76.3 Å². The van der Waals surface area contributed by atoms with E-state index in [9.17, 15) is 10.2 Å². The second-order valence-electron chi connectivity index (χ2n) is 18.9. The first-order valence-electron chi connectivity index (χ1n) is 22.3. The van der Waals surface area contributed by atoms with Crippen molar-refractivity contribution in [1.82, 2.24) is 19.6 Å². The summed E-state index contributed by atoms with van der Waals surface area (Å²) in [6.45, 7) is 17.1. The molecule has 8 fully saturated rings. The van der Waals surface area contributed by atoms with Crippen molar-refractivity contribution in [2.24, 2.45) is 59.2 Å². The molecular weight excluding hydrogens is 697 g/mol. The van der Waals surface area contributed by atoms with Crippen LogP contribution in [0, 0.1) is 59.2 Å². The molecule has 0 bridgehead atoms. The van der Waals surface area contributed by atoms with Crippen LogP contribution in [0.25, 0.3) is 0 Å². The van der Waals surface area contributed by atoms with Gasteiger partial charge in [0.25, 0.3) is 0 Å². The van der Waals surface area contributed by atoms with Gasteiger partial charge >= 0.3 is 0 Å². The van der Waals surface area contributed by atoms with E-state index in [0.29, 0.717) is 11.8 Å². The van der Waals surface area contributed by atoms with E-state index in [-0.39, 0.29) is 12.2 Å². The molecule has 4 aliphatic carbocycles. The smallest absolute Gasteiger partial charge is 0.0583 e. The number of nitrogens with zero attached hydrogens (tertiary/aromatic N) is 4. The van der Waals surface area contributed by atoms with Crippen LogP contribution in [0.4, 0.5) is 0 Å². The molecule has 0 amide bonds. The SMILES string of the molecule is CC1CCC2CN(C)CC12.CC1CCC2CN(Cc3ccccc3)CC12.CN1CC2CCC(O)C2C1.CO.CO.OC1CCC2CN(Cc3ccccc3)CC12. The van der Waals surface area contributed by atoms with E-state index in [1.807, 2.05) is 0 Å². The summed E-state index contributed by atoms with van der Waals surface area (Å²) in [5, 5.41) is 33.3. The largest absolute Gasteiger partial charge is 0.400 e. The second-order valence-corrected chi connectivity index (χ2v) is 18.9. The molecule has 10 rings (SSSR count).